The number of carboxylic acid groups (broad SMARTS) is 3. The van der Waals surface area contributed by atoms with Crippen molar-refractivity contribution in [1.29, 1.82) is 0 Å². The van der Waals surface area contributed by atoms with Gasteiger partial charge in [-0.1, -0.05) is 0 Å². The predicted molar refractivity (Wildman–Crippen MR) is 41.1 cm³/mol. The van der Waals surface area contributed by atoms with Gasteiger partial charge >= 0.3 is 17.9 Å². The second-order valence-corrected chi connectivity index (χ2v) is 1.37. The van der Waals surface area contributed by atoms with Gasteiger partial charge in [0.25, 0.3) is 0 Å². The largest absolute Gasteiger partial charge is 0.476 e. The van der Waals surface area contributed by atoms with E-state index in [0.29, 0.717) is 0 Å². The summed E-state index contributed by atoms with van der Waals surface area (Å²) in [4.78, 5) is 53.7. The van der Waals surface area contributed by atoms with Crippen LogP contribution in [0.2, 0.25) is 0 Å². The molecule has 0 bridgehead atoms. The van der Waals surface area contributed by atoms with E-state index in [-0.39, 0.29) is 59.7 Å². The van der Waals surface area contributed by atoms with Crippen molar-refractivity contribution in [3.8, 4) is 0 Å². The summed E-state index contributed by atoms with van der Waals surface area (Å²) in [5.74, 6) is -4.28. The summed E-state index contributed by atoms with van der Waals surface area (Å²) >= 11 is 0. The number of rotatable bonds is 3. The minimum absolute atomic E-state index is 0. The van der Waals surface area contributed by atoms with E-state index in [1.165, 1.54) is 0 Å². The smallest absolute Gasteiger partial charge is 0.368 e. The van der Waals surface area contributed by atoms with Gasteiger partial charge in [-0.2, -0.15) is 0 Å². The minimum Gasteiger partial charge on any atom is -0.476 e. The first-order valence-corrected chi connectivity index (χ1v) is 2.86. The average Bonchev–Trinajstić information content (AvgIpc) is 2.19. The van der Waals surface area contributed by atoms with Crippen LogP contribution in [0.3, 0.4) is 0 Å². The molecule has 0 unspecified atom stereocenters. The van der Waals surface area contributed by atoms with Crippen LogP contribution >= 0.6 is 0 Å². The maximum atomic E-state index is 9.00. The summed E-state index contributed by atoms with van der Waals surface area (Å²) in [5, 5.41) is 22.1. The fourth-order valence-electron chi connectivity index (χ4n) is 0. The molecule has 0 aromatic heterocycles. The molecule has 0 rings (SSSR count). The monoisotopic (exact) mass is 364 g/mol. The second-order valence-electron chi connectivity index (χ2n) is 1.37. The van der Waals surface area contributed by atoms with Crippen LogP contribution in [-0.2, 0) is 28.8 Å². The molecule has 0 aromatic carbocycles. The van der Waals surface area contributed by atoms with Gasteiger partial charge in [0, 0.05) is 40.8 Å². The molecule has 88 valence electrons. The number of hydrogen-bond donors (Lipinski definition) is 3. The quantitative estimate of drug-likeness (QED) is 0.372. The van der Waals surface area contributed by atoms with E-state index in [2.05, 4.69) is 0 Å². The summed E-state index contributed by atoms with van der Waals surface area (Å²) in [5.41, 5.74) is 0. The van der Waals surface area contributed by atoms with Crippen LogP contribution in [0.25, 0.3) is 0 Å². The predicted octanol–water partition coefficient (Wildman–Crippen LogP) is -2.19. The number of carboxylic acids is 3. The van der Waals surface area contributed by atoms with Crippen molar-refractivity contribution in [2.75, 3.05) is 0 Å². The van der Waals surface area contributed by atoms with Crippen LogP contribution in [-0.4, -0.2) is 52.1 Å². The van der Waals surface area contributed by atoms with Crippen LogP contribution < -0.4 is 0 Å². The van der Waals surface area contributed by atoms with Crippen LogP contribution in [0.15, 0.2) is 0 Å². The van der Waals surface area contributed by atoms with Crippen LogP contribution in [0.1, 0.15) is 0 Å². The standard InChI is InChI=1S/3C2H2O3.Nd/c3*3-1-2(4)5;/h3*1H,(H,4,5);. The first-order valence-electron chi connectivity index (χ1n) is 2.86. The molecule has 0 heterocycles. The number of hydrogen-bond acceptors (Lipinski definition) is 6. The third-order valence-electron chi connectivity index (χ3n) is 0.302. The fourth-order valence-corrected chi connectivity index (χ4v) is 0. The normalized spacial score (nSPS) is 6.00. The average molecular weight is 366 g/mol. The Morgan fingerprint density at radius 2 is 0.688 bits per heavy atom. The molecular formula is C6H6NdO9. The molecule has 0 aliphatic carbocycles. The molecule has 0 aliphatic rings. The molecule has 10 heteroatoms. The summed E-state index contributed by atoms with van der Waals surface area (Å²) in [6.45, 7) is 0. The Morgan fingerprint density at radius 1 is 0.625 bits per heavy atom. The third-order valence-corrected chi connectivity index (χ3v) is 0.302. The van der Waals surface area contributed by atoms with Gasteiger partial charge in [-0.25, -0.2) is 14.4 Å². The topological polar surface area (TPSA) is 163 Å². The SMILES string of the molecule is O=CC(=O)O.O=CC(=O)O.O=CC(=O)O.[Nd]. The van der Waals surface area contributed by atoms with Crippen molar-refractivity contribution in [3.63, 3.8) is 0 Å². The second kappa shape index (κ2) is 19.4. The summed E-state index contributed by atoms with van der Waals surface area (Å²) in [6.07, 6.45) is -0.500. The molecule has 0 spiro atoms. The number of carbonyl (C=O) groups excluding carboxylic acids is 3. The van der Waals surface area contributed by atoms with Gasteiger partial charge in [0.2, 0.25) is 18.9 Å². The zero-order chi connectivity index (χ0) is 12.9. The van der Waals surface area contributed by atoms with Crippen molar-refractivity contribution in [2.45, 2.75) is 0 Å². The van der Waals surface area contributed by atoms with Crippen LogP contribution in [0, 0.1) is 40.8 Å². The van der Waals surface area contributed by atoms with Gasteiger partial charge in [-0.3, -0.25) is 14.4 Å². The first kappa shape index (κ1) is 24.1. The number of aliphatic carboxylic acids is 3. The maximum Gasteiger partial charge on any atom is 0.368 e. The van der Waals surface area contributed by atoms with Gasteiger partial charge in [-0.15, -0.1) is 0 Å². The van der Waals surface area contributed by atoms with Crippen molar-refractivity contribution in [2.24, 2.45) is 0 Å². The molecule has 0 fully saturated rings. The number of carbonyl (C=O) groups is 6. The molecule has 3 N–H and O–H groups in total. The molecule has 0 aromatic rings. The van der Waals surface area contributed by atoms with Crippen molar-refractivity contribution in [1.82, 2.24) is 0 Å². The summed E-state index contributed by atoms with van der Waals surface area (Å²) in [6, 6.07) is 0. The van der Waals surface area contributed by atoms with Crippen molar-refractivity contribution in [3.05, 3.63) is 0 Å². The first-order chi connectivity index (χ1) is 6.81. The zero-order valence-electron chi connectivity index (χ0n) is 7.52. The fraction of sp³-hybridized carbons (Fsp3) is 0. The number of aldehydes is 3. The minimum atomic E-state index is -1.43. The van der Waals surface area contributed by atoms with Gasteiger partial charge < -0.3 is 15.3 Å². The Morgan fingerprint density at radius 3 is 0.688 bits per heavy atom. The molecule has 0 saturated carbocycles. The van der Waals surface area contributed by atoms with Gasteiger partial charge in [0.05, 0.1) is 0 Å². The molecule has 0 radical (unpaired) electrons. The van der Waals surface area contributed by atoms with Crippen LogP contribution in [0.4, 0.5) is 0 Å². The molecule has 0 aliphatic heterocycles. The third kappa shape index (κ3) is 77.7. The van der Waals surface area contributed by atoms with Crippen LogP contribution in [0.5, 0.6) is 0 Å². The Bertz CT molecular complexity index is 216. The van der Waals surface area contributed by atoms with E-state index in [1.807, 2.05) is 0 Å². The zero-order valence-corrected chi connectivity index (χ0v) is 10.7. The van der Waals surface area contributed by atoms with Gasteiger partial charge in [-0.05, 0) is 0 Å². The Hall–Kier alpha value is -1.23. The summed E-state index contributed by atoms with van der Waals surface area (Å²) < 4.78 is 0. The van der Waals surface area contributed by atoms with E-state index >= 15 is 0 Å². The molecular weight excluding hydrogens is 360 g/mol. The van der Waals surface area contributed by atoms with Gasteiger partial charge in [0.15, 0.2) is 0 Å². The van der Waals surface area contributed by atoms with Gasteiger partial charge in [0.1, 0.15) is 0 Å². The molecule has 0 amide bonds. The molecule has 16 heavy (non-hydrogen) atoms. The summed E-state index contributed by atoms with van der Waals surface area (Å²) in [7, 11) is 0. The van der Waals surface area contributed by atoms with E-state index in [0.717, 1.165) is 0 Å². The van der Waals surface area contributed by atoms with Crippen molar-refractivity contribution >= 4 is 36.8 Å². The van der Waals surface area contributed by atoms with E-state index in [4.69, 9.17) is 44.1 Å². The Labute approximate surface area is 121 Å². The van der Waals surface area contributed by atoms with E-state index in [9.17, 15) is 0 Å². The van der Waals surface area contributed by atoms with E-state index in [1.54, 1.807) is 0 Å². The van der Waals surface area contributed by atoms with E-state index < -0.39 is 17.9 Å². The molecule has 0 atom stereocenters. The maximum absolute atomic E-state index is 9.00. The van der Waals surface area contributed by atoms with Crippen molar-refractivity contribution < 1.29 is 84.9 Å². The molecule has 9 nitrogen and oxygen atoms in total. The Balaban J connectivity index is -0.0000000655. The molecule has 0 saturated heterocycles. The Kier molecular flexibility index (Phi) is 29.2.